The van der Waals surface area contributed by atoms with Gasteiger partial charge >= 0.3 is 0 Å². The highest BCUT2D eigenvalue weighted by molar-refractivity contribution is 5.96. The maximum Gasteiger partial charge on any atom is 0.246 e. The fraction of sp³-hybridized carbons (Fsp3) is 0.200. The first kappa shape index (κ1) is 20.1. The fourth-order valence-corrected chi connectivity index (χ4v) is 2.40. The van der Waals surface area contributed by atoms with Crippen LogP contribution in [0.15, 0.2) is 48.5 Å². The number of ether oxygens (including phenoxy) is 1. The Labute approximate surface area is 156 Å². The molecule has 0 heterocycles. The van der Waals surface area contributed by atoms with Crippen LogP contribution in [0.4, 0.5) is 8.78 Å². The molecular formula is C20H20F2N2O3. The number of carbonyl (C=O) groups excluding carboxylic acids is 2. The van der Waals surface area contributed by atoms with Crippen LogP contribution in [-0.2, 0) is 9.59 Å². The number of nitrogens with one attached hydrogen (secondary N) is 2. The zero-order valence-electron chi connectivity index (χ0n) is 15.0. The molecule has 0 aliphatic carbocycles. The molecule has 2 rings (SSSR count). The van der Waals surface area contributed by atoms with E-state index in [4.69, 9.17) is 4.74 Å². The second-order valence-corrected chi connectivity index (χ2v) is 5.53. The second kappa shape index (κ2) is 9.47. The fourth-order valence-electron chi connectivity index (χ4n) is 2.40. The van der Waals surface area contributed by atoms with Gasteiger partial charge < -0.3 is 15.4 Å². The molecule has 5 nitrogen and oxygen atoms in total. The summed E-state index contributed by atoms with van der Waals surface area (Å²) in [7, 11) is 1.38. The quantitative estimate of drug-likeness (QED) is 0.732. The van der Waals surface area contributed by atoms with E-state index >= 15 is 0 Å². The Kier molecular flexibility index (Phi) is 7.05. The second-order valence-electron chi connectivity index (χ2n) is 5.53. The third kappa shape index (κ3) is 5.37. The molecule has 0 saturated heterocycles. The highest BCUT2D eigenvalue weighted by atomic mass is 19.2. The van der Waals surface area contributed by atoms with Gasteiger partial charge in [-0.15, -0.1) is 0 Å². The molecule has 2 amide bonds. The lowest BCUT2D eigenvalue weighted by atomic mass is 10.1. The first-order valence-electron chi connectivity index (χ1n) is 8.33. The zero-order chi connectivity index (χ0) is 19.8. The lowest BCUT2D eigenvalue weighted by Gasteiger charge is -2.17. The van der Waals surface area contributed by atoms with Crippen LogP contribution in [0, 0.1) is 11.6 Å². The van der Waals surface area contributed by atoms with Gasteiger partial charge in [0, 0.05) is 18.7 Å². The van der Waals surface area contributed by atoms with Gasteiger partial charge in [-0.3, -0.25) is 9.59 Å². The van der Waals surface area contributed by atoms with Gasteiger partial charge in [-0.2, -0.15) is 0 Å². The highest BCUT2D eigenvalue weighted by Crippen LogP contribution is 2.20. The van der Waals surface area contributed by atoms with E-state index in [1.54, 1.807) is 24.3 Å². The number of halogens is 2. The molecule has 2 aromatic rings. The average molecular weight is 374 g/mol. The molecular weight excluding hydrogens is 354 g/mol. The summed E-state index contributed by atoms with van der Waals surface area (Å²) in [5, 5.41) is 4.87. The van der Waals surface area contributed by atoms with Crippen molar-refractivity contribution >= 4 is 17.9 Å². The van der Waals surface area contributed by atoms with E-state index in [0.717, 1.165) is 12.1 Å². The van der Waals surface area contributed by atoms with Gasteiger partial charge in [0.25, 0.3) is 0 Å². The van der Waals surface area contributed by atoms with E-state index in [1.165, 1.54) is 19.2 Å². The molecule has 0 fully saturated rings. The van der Waals surface area contributed by atoms with Crippen LogP contribution in [0.3, 0.4) is 0 Å². The lowest BCUT2D eigenvalue weighted by molar-refractivity contribution is -0.126. The van der Waals surface area contributed by atoms with Crippen molar-refractivity contribution in [1.82, 2.24) is 10.6 Å². The standard InChI is InChI=1S/C20H20F2N2O3/c1-3-27-17-7-5-4-6-13(17)9-11-18(25)24-19(20(26)23-2)14-8-10-15(21)16(22)12-14/h4-12,19H,3H2,1-2H3,(H,23,26)(H,24,25). The van der Waals surface area contributed by atoms with Crippen molar-refractivity contribution in [2.45, 2.75) is 13.0 Å². The number of benzene rings is 2. The number of hydrogen-bond donors (Lipinski definition) is 2. The van der Waals surface area contributed by atoms with E-state index in [9.17, 15) is 18.4 Å². The van der Waals surface area contributed by atoms with Crippen LogP contribution in [0.2, 0.25) is 0 Å². The summed E-state index contributed by atoms with van der Waals surface area (Å²) in [6, 6.07) is 9.03. The Hall–Kier alpha value is -3.22. The van der Waals surface area contributed by atoms with Crippen molar-refractivity contribution < 1.29 is 23.1 Å². The molecule has 0 radical (unpaired) electrons. The van der Waals surface area contributed by atoms with Crippen LogP contribution < -0.4 is 15.4 Å². The van der Waals surface area contributed by atoms with Crippen LogP contribution in [0.25, 0.3) is 6.08 Å². The minimum Gasteiger partial charge on any atom is -0.493 e. The molecule has 1 unspecified atom stereocenters. The lowest BCUT2D eigenvalue weighted by Crippen LogP contribution is -2.38. The van der Waals surface area contributed by atoms with Crippen molar-refractivity contribution in [2.24, 2.45) is 0 Å². The summed E-state index contributed by atoms with van der Waals surface area (Å²) in [6.45, 7) is 2.33. The van der Waals surface area contributed by atoms with Crippen LogP contribution in [0.1, 0.15) is 24.1 Å². The normalized spacial score (nSPS) is 11.9. The Morgan fingerprint density at radius 2 is 1.89 bits per heavy atom. The van der Waals surface area contributed by atoms with E-state index in [0.29, 0.717) is 17.9 Å². The number of hydrogen-bond acceptors (Lipinski definition) is 3. The Morgan fingerprint density at radius 3 is 2.56 bits per heavy atom. The monoisotopic (exact) mass is 374 g/mol. The maximum absolute atomic E-state index is 13.5. The molecule has 0 saturated carbocycles. The first-order chi connectivity index (χ1) is 13.0. The number of carbonyl (C=O) groups is 2. The Morgan fingerprint density at radius 1 is 1.15 bits per heavy atom. The summed E-state index contributed by atoms with van der Waals surface area (Å²) in [6.07, 6.45) is 2.79. The Bertz CT molecular complexity index is 853. The average Bonchev–Trinajstić information content (AvgIpc) is 2.67. The van der Waals surface area contributed by atoms with Crippen molar-refractivity contribution in [3.05, 3.63) is 71.3 Å². The van der Waals surface area contributed by atoms with Gasteiger partial charge in [-0.25, -0.2) is 8.78 Å². The highest BCUT2D eigenvalue weighted by Gasteiger charge is 2.22. The Balaban J connectivity index is 2.19. The summed E-state index contributed by atoms with van der Waals surface area (Å²) in [5.74, 6) is -2.64. The number of rotatable bonds is 7. The smallest absolute Gasteiger partial charge is 0.246 e. The SMILES string of the molecule is CCOc1ccccc1C=CC(=O)NC(C(=O)NC)c1ccc(F)c(F)c1. The molecule has 27 heavy (non-hydrogen) atoms. The van der Waals surface area contributed by atoms with Crippen molar-refractivity contribution in [3.8, 4) is 5.75 Å². The maximum atomic E-state index is 13.5. The van der Waals surface area contributed by atoms with Crippen LogP contribution in [-0.4, -0.2) is 25.5 Å². The summed E-state index contributed by atoms with van der Waals surface area (Å²) in [5.41, 5.74) is 0.823. The predicted molar refractivity (Wildman–Crippen MR) is 98.0 cm³/mol. The predicted octanol–water partition coefficient (Wildman–Crippen LogP) is 2.98. The van der Waals surface area contributed by atoms with Crippen molar-refractivity contribution in [3.63, 3.8) is 0 Å². The zero-order valence-corrected chi connectivity index (χ0v) is 15.0. The van der Waals surface area contributed by atoms with E-state index in [1.807, 2.05) is 13.0 Å². The largest absolute Gasteiger partial charge is 0.493 e. The molecule has 2 aromatic carbocycles. The summed E-state index contributed by atoms with van der Waals surface area (Å²) >= 11 is 0. The van der Waals surface area contributed by atoms with Gasteiger partial charge in [-0.05, 0) is 36.8 Å². The molecule has 0 bridgehead atoms. The molecule has 1 atom stereocenters. The molecule has 0 spiro atoms. The van der Waals surface area contributed by atoms with Gasteiger partial charge in [-0.1, -0.05) is 24.3 Å². The van der Waals surface area contributed by atoms with Crippen molar-refractivity contribution in [2.75, 3.05) is 13.7 Å². The minimum atomic E-state index is -1.16. The van der Waals surface area contributed by atoms with Crippen LogP contribution in [0.5, 0.6) is 5.75 Å². The third-order valence-corrected chi connectivity index (χ3v) is 3.71. The molecule has 7 heteroatoms. The molecule has 2 N–H and O–H groups in total. The van der Waals surface area contributed by atoms with E-state index in [2.05, 4.69) is 10.6 Å². The van der Waals surface area contributed by atoms with Gasteiger partial charge in [0.1, 0.15) is 11.8 Å². The van der Waals surface area contributed by atoms with Crippen LogP contribution >= 0.6 is 0 Å². The first-order valence-corrected chi connectivity index (χ1v) is 8.33. The molecule has 142 valence electrons. The number of amides is 2. The number of likely N-dealkylation sites (N-methyl/N-ethyl adjacent to an activating group) is 1. The van der Waals surface area contributed by atoms with E-state index < -0.39 is 29.5 Å². The van der Waals surface area contributed by atoms with Gasteiger partial charge in [0.15, 0.2) is 11.6 Å². The van der Waals surface area contributed by atoms with Gasteiger partial charge in [0.2, 0.25) is 11.8 Å². The third-order valence-electron chi connectivity index (χ3n) is 3.71. The molecule has 0 aromatic heterocycles. The van der Waals surface area contributed by atoms with Gasteiger partial charge in [0.05, 0.1) is 6.61 Å². The molecule has 0 aliphatic heterocycles. The molecule has 0 aliphatic rings. The topological polar surface area (TPSA) is 67.4 Å². The summed E-state index contributed by atoms with van der Waals surface area (Å²) < 4.78 is 32.1. The summed E-state index contributed by atoms with van der Waals surface area (Å²) in [4.78, 5) is 24.3. The van der Waals surface area contributed by atoms with Crippen molar-refractivity contribution in [1.29, 1.82) is 0 Å². The minimum absolute atomic E-state index is 0.129. The van der Waals surface area contributed by atoms with E-state index in [-0.39, 0.29) is 5.56 Å². The number of para-hydroxylation sites is 1.